The number of imidazole rings is 1. The number of hydrogen-bond donors (Lipinski definition) is 3. The van der Waals surface area contributed by atoms with Crippen molar-refractivity contribution in [1.82, 2.24) is 30.1 Å². The Morgan fingerprint density at radius 2 is 1.81 bits per heavy atom. The lowest BCUT2D eigenvalue weighted by Gasteiger charge is -2.07. The fraction of sp³-hybridized carbons (Fsp3) is 0.0741. The highest BCUT2D eigenvalue weighted by molar-refractivity contribution is 5.98. The van der Waals surface area contributed by atoms with E-state index in [1.807, 2.05) is 18.2 Å². The molecule has 4 aromatic heterocycles. The summed E-state index contributed by atoms with van der Waals surface area (Å²) in [7, 11) is 0. The summed E-state index contributed by atoms with van der Waals surface area (Å²) < 4.78 is 29.4. The minimum absolute atomic E-state index is 0.0679. The fourth-order valence-corrected chi connectivity index (χ4v) is 4.24. The third-order valence-electron chi connectivity index (χ3n) is 6.05. The van der Waals surface area contributed by atoms with Gasteiger partial charge in [-0.25, -0.2) is 13.8 Å². The normalized spacial score (nSPS) is 11.3. The Kier molecular flexibility index (Phi) is 5.41. The van der Waals surface area contributed by atoms with E-state index in [0.29, 0.717) is 40.2 Å². The number of fused-ring (bicyclic) bond motifs is 2. The first-order valence-corrected chi connectivity index (χ1v) is 11.5. The quantitative estimate of drug-likeness (QED) is 0.277. The average Bonchev–Trinajstić information content (AvgIpc) is 3.54. The maximum atomic E-state index is 15.9. The van der Waals surface area contributed by atoms with Gasteiger partial charge in [0.2, 0.25) is 5.91 Å². The first-order valence-electron chi connectivity index (χ1n) is 11.5. The second-order valence-electron chi connectivity index (χ2n) is 8.44. The minimum atomic E-state index is -0.596. The molecule has 4 heterocycles. The highest BCUT2D eigenvalue weighted by atomic mass is 19.1. The number of carbonyl (C=O) groups excluding carboxylic acids is 1. The van der Waals surface area contributed by atoms with E-state index >= 15 is 4.39 Å². The number of para-hydroxylation sites is 1. The molecule has 37 heavy (non-hydrogen) atoms. The smallest absolute Gasteiger partial charge is 0.224 e. The SMILES string of the molecule is CCC(=O)Nc1cncc(-c2ncc3[nH]nc(-c4nc5c(-c6ccc(F)cc6)cccc5[nH]4)c3c2F)c1. The summed E-state index contributed by atoms with van der Waals surface area (Å²) in [4.78, 5) is 28.1. The zero-order valence-corrected chi connectivity index (χ0v) is 19.5. The second kappa shape index (κ2) is 8.90. The Labute approximate surface area is 208 Å². The van der Waals surface area contributed by atoms with Crippen molar-refractivity contribution >= 4 is 33.5 Å². The predicted molar refractivity (Wildman–Crippen MR) is 136 cm³/mol. The molecule has 0 radical (unpaired) electrons. The van der Waals surface area contributed by atoms with Crippen LogP contribution in [0, 0.1) is 11.6 Å². The third-order valence-corrected chi connectivity index (χ3v) is 6.05. The van der Waals surface area contributed by atoms with Crippen molar-refractivity contribution in [1.29, 1.82) is 0 Å². The number of nitrogens with one attached hydrogen (secondary N) is 3. The molecular formula is C27H19F2N7O. The maximum Gasteiger partial charge on any atom is 0.224 e. The Morgan fingerprint density at radius 1 is 0.973 bits per heavy atom. The summed E-state index contributed by atoms with van der Waals surface area (Å²) in [5.74, 6) is -0.727. The molecule has 0 atom stereocenters. The van der Waals surface area contributed by atoms with Gasteiger partial charge in [-0.3, -0.25) is 19.9 Å². The molecule has 10 heteroatoms. The fourth-order valence-electron chi connectivity index (χ4n) is 4.24. The van der Waals surface area contributed by atoms with Crippen LogP contribution in [-0.2, 0) is 4.79 Å². The molecule has 2 aromatic carbocycles. The zero-order valence-electron chi connectivity index (χ0n) is 19.5. The molecule has 1 amide bonds. The Bertz CT molecular complexity index is 1790. The van der Waals surface area contributed by atoms with Crippen molar-refractivity contribution in [3.05, 3.63) is 78.8 Å². The van der Waals surface area contributed by atoms with Crippen molar-refractivity contribution < 1.29 is 13.6 Å². The van der Waals surface area contributed by atoms with Crippen LogP contribution in [-0.4, -0.2) is 36.0 Å². The van der Waals surface area contributed by atoms with Crippen LogP contribution in [0.5, 0.6) is 0 Å². The standard InChI is InChI=1S/C27H19F2N7O/c1-2-21(37)32-17-10-15(11-30-12-17)24-23(29)22-20(13-31-24)35-36-26(22)27-33-19-5-3-4-18(25(19)34-27)14-6-8-16(28)9-7-14/h3-13H,2H2,1H3,(H,32,37)(H,33,34)(H,35,36). The maximum absolute atomic E-state index is 15.9. The monoisotopic (exact) mass is 495 g/mol. The summed E-state index contributed by atoms with van der Waals surface area (Å²) in [6.45, 7) is 1.74. The minimum Gasteiger partial charge on any atom is -0.337 e. The molecule has 6 rings (SSSR count). The number of rotatable bonds is 5. The highest BCUT2D eigenvalue weighted by Crippen LogP contribution is 2.34. The van der Waals surface area contributed by atoms with E-state index in [-0.39, 0.29) is 22.8 Å². The van der Waals surface area contributed by atoms with Gasteiger partial charge in [0.05, 0.1) is 40.0 Å². The van der Waals surface area contributed by atoms with Crippen molar-refractivity contribution in [3.8, 4) is 33.9 Å². The van der Waals surface area contributed by atoms with Crippen LogP contribution in [0.25, 0.3) is 55.8 Å². The molecule has 0 saturated heterocycles. The van der Waals surface area contributed by atoms with Crippen molar-refractivity contribution in [3.63, 3.8) is 0 Å². The Morgan fingerprint density at radius 3 is 2.62 bits per heavy atom. The van der Waals surface area contributed by atoms with Gasteiger partial charge in [0, 0.05) is 23.7 Å². The molecule has 0 bridgehead atoms. The molecule has 8 nitrogen and oxygen atoms in total. The molecule has 0 saturated carbocycles. The molecule has 0 aliphatic heterocycles. The van der Waals surface area contributed by atoms with Gasteiger partial charge in [0.1, 0.15) is 17.2 Å². The summed E-state index contributed by atoms with van der Waals surface area (Å²) in [6.07, 6.45) is 4.77. The average molecular weight is 495 g/mol. The molecule has 0 aliphatic carbocycles. The highest BCUT2D eigenvalue weighted by Gasteiger charge is 2.21. The first-order chi connectivity index (χ1) is 18.0. The summed E-state index contributed by atoms with van der Waals surface area (Å²) in [6, 6.07) is 13.4. The van der Waals surface area contributed by atoms with Gasteiger partial charge < -0.3 is 10.3 Å². The Hall–Kier alpha value is -4.99. The van der Waals surface area contributed by atoms with Crippen LogP contribution in [0.3, 0.4) is 0 Å². The number of aromatic amines is 2. The van der Waals surface area contributed by atoms with E-state index in [1.165, 1.54) is 30.7 Å². The number of benzene rings is 2. The number of nitrogens with zero attached hydrogens (tertiary/aromatic N) is 4. The van der Waals surface area contributed by atoms with E-state index in [1.54, 1.807) is 25.1 Å². The van der Waals surface area contributed by atoms with Gasteiger partial charge in [-0.1, -0.05) is 31.2 Å². The number of halogens is 2. The van der Waals surface area contributed by atoms with Crippen molar-refractivity contribution in [2.45, 2.75) is 13.3 Å². The first kappa shape index (κ1) is 22.5. The van der Waals surface area contributed by atoms with Gasteiger partial charge in [0.15, 0.2) is 11.6 Å². The van der Waals surface area contributed by atoms with Gasteiger partial charge >= 0.3 is 0 Å². The van der Waals surface area contributed by atoms with E-state index in [0.717, 1.165) is 16.6 Å². The number of hydrogen-bond acceptors (Lipinski definition) is 5. The number of pyridine rings is 2. The molecular weight excluding hydrogens is 476 g/mol. The van der Waals surface area contributed by atoms with Crippen LogP contribution in [0.4, 0.5) is 14.5 Å². The lowest BCUT2D eigenvalue weighted by molar-refractivity contribution is -0.115. The summed E-state index contributed by atoms with van der Waals surface area (Å²) in [5, 5.41) is 10.1. The number of carbonyl (C=O) groups is 1. The molecule has 0 aliphatic rings. The van der Waals surface area contributed by atoms with Crippen LogP contribution in [0.2, 0.25) is 0 Å². The van der Waals surface area contributed by atoms with Gasteiger partial charge in [-0.15, -0.1) is 0 Å². The Balaban J connectivity index is 1.46. The molecule has 6 aromatic rings. The number of aromatic nitrogens is 6. The molecule has 0 fully saturated rings. The van der Waals surface area contributed by atoms with E-state index < -0.39 is 5.82 Å². The van der Waals surface area contributed by atoms with E-state index in [4.69, 9.17) is 4.98 Å². The number of amides is 1. The van der Waals surface area contributed by atoms with Gasteiger partial charge in [0.25, 0.3) is 0 Å². The number of anilines is 1. The number of H-pyrrole nitrogens is 2. The predicted octanol–water partition coefficient (Wildman–Crippen LogP) is 5.86. The van der Waals surface area contributed by atoms with Crippen LogP contribution >= 0.6 is 0 Å². The van der Waals surface area contributed by atoms with Crippen LogP contribution in [0.15, 0.2) is 67.1 Å². The molecule has 0 unspecified atom stereocenters. The molecule has 3 N–H and O–H groups in total. The van der Waals surface area contributed by atoms with Gasteiger partial charge in [-0.2, -0.15) is 5.10 Å². The lowest BCUT2D eigenvalue weighted by atomic mass is 10.0. The van der Waals surface area contributed by atoms with E-state index in [2.05, 4.69) is 30.5 Å². The van der Waals surface area contributed by atoms with E-state index in [9.17, 15) is 9.18 Å². The summed E-state index contributed by atoms with van der Waals surface area (Å²) >= 11 is 0. The summed E-state index contributed by atoms with van der Waals surface area (Å²) in [5.41, 5.74) is 4.60. The van der Waals surface area contributed by atoms with Crippen LogP contribution in [0.1, 0.15) is 13.3 Å². The van der Waals surface area contributed by atoms with Gasteiger partial charge in [-0.05, 0) is 29.8 Å². The third kappa shape index (κ3) is 3.98. The second-order valence-corrected chi connectivity index (χ2v) is 8.44. The zero-order chi connectivity index (χ0) is 25.5. The van der Waals surface area contributed by atoms with Crippen LogP contribution < -0.4 is 5.32 Å². The lowest BCUT2D eigenvalue weighted by Crippen LogP contribution is -2.09. The molecule has 182 valence electrons. The van der Waals surface area contributed by atoms with Crippen molar-refractivity contribution in [2.75, 3.05) is 5.32 Å². The molecule has 0 spiro atoms. The topological polar surface area (TPSA) is 112 Å². The van der Waals surface area contributed by atoms with Crippen molar-refractivity contribution in [2.24, 2.45) is 0 Å². The largest absolute Gasteiger partial charge is 0.337 e.